The lowest BCUT2D eigenvalue weighted by atomic mass is 9.67. The number of hydrogen-bond donors (Lipinski definition) is 0. The van der Waals surface area contributed by atoms with Gasteiger partial charge in [0.2, 0.25) is 0 Å². The van der Waals surface area contributed by atoms with Crippen LogP contribution < -0.4 is 4.90 Å². The molecule has 2 heteroatoms. The van der Waals surface area contributed by atoms with Crippen molar-refractivity contribution in [1.82, 2.24) is 4.57 Å². The molecule has 11 rings (SSSR count). The molecule has 0 spiro atoms. The Morgan fingerprint density at radius 3 is 1.69 bits per heavy atom. The van der Waals surface area contributed by atoms with E-state index in [4.69, 9.17) is 0 Å². The summed E-state index contributed by atoms with van der Waals surface area (Å²) >= 11 is 0. The predicted molar refractivity (Wildman–Crippen MR) is 230 cm³/mol. The molecule has 0 saturated carbocycles. The molecule has 0 aliphatic heterocycles. The Kier molecular flexibility index (Phi) is 7.11. The molecular formula is C53H36N2. The van der Waals surface area contributed by atoms with Crippen LogP contribution in [0.15, 0.2) is 218 Å². The summed E-state index contributed by atoms with van der Waals surface area (Å²) in [7, 11) is 0. The minimum atomic E-state index is -0.489. The van der Waals surface area contributed by atoms with Crippen LogP contribution in [-0.2, 0) is 5.41 Å². The summed E-state index contributed by atoms with van der Waals surface area (Å²) in [5.41, 5.74) is 14.1. The predicted octanol–water partition coefficient (Wildman–Crippen LogP) is 13.8. The monoisotopic (exact) mass is 700 g/mol. The van der Waals surface area contributed by atoms with Crippen LogP contribution in [0.3, 0.4) is 0 Å². The van der Waals surface area contributed by atoms with E-state index in [-0.39, 0.29) is 0 Å². The summed E-state index contributed by atoms with van der Waals surface area (Å²) in [6.07, 6.45) is 0. The Bertz CT molecular complexity index is 2990. The number of para-hydroxylation sites is 2. The van der Waals surface area contributed by atoms with Crippen molar-refractivity contribution in [2.45, 2.75) is 5.41 Å². The molecule has 9 aromatic carbocycles. The molecule has 55 heavy (non-hydrogen) atoms. The second-order valence-corrected chi connectivity index (χ2v) is 14.5. The Balaban J connectivity index is 1.19. The van der Waals surface area contributed by atoms with Gasteiger partial charge < -0.3 is 9.47 Å². The van der Waals surface area contributed by atoms with Gasteiger partial charge in [-0.1, -0.05) is 170 Å². The summed E-state index contributed by atoms with van der Waals surface area (Å²) in [4.78, 5) is 2.43. The van der Waals surface area contributed by atoms with Gasteiger partial charge in [-0.25, -0.2) is 0 Å². The lowest BCUT2D eigenvalue weighted by Gasteiger charge is -2.35. The fraction of sp³-hybridized carbons (Fsp3) is 0.0189. The maximum atomic E-state index is 2.45. The van der Waals surface area contributed by atoms with Crippen LogP contribution in [0, 0.1) is 0 Å². The summed E-state index contributed by atoms with van der Waals surface area (Å²) in [5.74, 6) is 0. The van der Waals surface area contributed by atoms with Gasteiger partial charge in [-0.15, -0.1) is 0 Å². The quantitative estimate of drug-likeness (QED) is 0.168. The first kappa shape index (κ1) is 31.4. The number of hydrogen-bond acceptors (Lipinski definition) is 1. The van der Waals surface area contributed by atoms with Gasteiger partial charge in [-0.2, -0.15) is 0 Å². The average Bonchev–Trinajstić information content (AvgIpc) is 3.75. The summed E-state index contributed by atoms with van der Waals surface area (Å²) < 4.78 is 2.45. The second kappa shape index (κ2) is 12.5. The lowest BCUT2D eigenvalue weighted by molar-refractivity contribution is 0.768. The third kappa shape index (κ3) is 4.68. The lowest BCUT2D eigenvalue weighted by Crippen LogP contribution is -2.28. The number of benzene rings is 9. The highest BCUT2D eigenvalue weighted by molar-refractivity contribution is 6.11. The molecule has 0 saturated heterocycles. The molecule has 0 radical (unpaired) electrons. The minimum Gasteiger partial charge on any atom is -0.310 e. The van der Waals surface area contributed by atoms with Crippen molar-refractivity contribution in [2.75, 3.05) is 4.90 Å². The van der Waals surface area contributed by atoms with E-state index in [0.717, 1.165) is 17.1 Å². The van der Waals surface area contributed by atoms with Gasteiger partial charge >= 0.3 is 0 Å². The molecule has 2 nitrogen and oxygen atoms in total. The number of rotatable bonds is 6. The van der Waals surface area contributed by atoms with Crippen molar-refractivity contribution in [1.29, 1.82) is 0 Å². The summed E-state index contributed by atoms with van der Waals surface area (Å²) in [6, 6.07) is 80.0. The van der Waals surface area contributed by atoms with Crippen LogP contribution >= 0.6 is 0 Å². The van der Waals surface area contributed by atoms with Gasteiger partial charge in [0, 0.05) is 33.2 Å². The Morgan fingerprint density at radius 2 is 0.909 bits per heavy atom. The van der Waals surface area contributed by atoms with E-state index >= 15 is 0 Å². The van der Waals surface area contributed by atoms with Gasteiger partial charge in [0.25, 0.3) is 0 Å². The molecule has 1 aliphatic carbocycles. The number of anilines is 3. The van der Waals surface area contributed by atoms with Crippen LogP contribution in [0.4, 0.5) is 17.1 Å². The van der Waals surface area contributed by atoms with Crippen molar-refractivity contribution < 1.29 is 0 Å². The maximum absolute atomic E-state index is 2.45. The molecule has 258 valence electrons. The fourth-order valence-corrected chi connectivity index (χ4v) is 9.36. The summed E-state index contributed by atoms with van der Waals surface area (Å²) in [6.45, 7) is 0. The minimum absolute atomic E-state index is 0.489. The zero-order chi connectivity index (χ0) is 36.3. The Hall–Kier alpha value is -7.16. The average molecular weight is 701 g/mol. The normalized spacial score (nSPS) is 12.9. The summed E-state index contributed by atoms with van der Waals surface area (Å²) in [5, 5.41) is 4.94. The van der Waals surface area contributed by atoms with Crippen molar-refractivity contribution >= 4 is 49.6 Å². The van der Waals surface area contributed by atoms with Crippen molar-refractivity contribution in [3.8, 4) is 16.8 Å². The zero-order valence-corrected chi connectivity index (χ0v) is 30.2. The SMILES string of the molecule is c1ccc(N(c2ccc3c(c2)C(c2ccccc2)(c2ccccc2)c2ccccc2-3)c2ccc3c4ccccc4n(-c4cccc5ccccc45)c3c2)cc1. The van der Waals surface area contributed by atoms with E-state index in [1.165, 1.54) is 71.6 Å². The molecular weight excluding hydrogens is 665 g/mol. The fourth-order valence-electron chi connectivity index (χ4n) is 9.36. The van der Waals surface area contributed by atoms with Crippen molar-refractivity contribution in [2.24, 2.45) is 0 Å². The molecule has 0 fully saturated rings. The van der Waals surface area contributed by atoms with Crippen LogP contribution in [0.5, 0.6) is 0 Å². The first-order valence-corrected chi connectivity index (χ1v) is 19.0. The molecule has 1 heterocycles. The van der Waals surface area contributed by atoms with E-state index in [1.54, 1.807) is 0 Å². The number of nitrogens with zero attached hydrogens (tertiary/aromatic N) is 2. The van der Waals surface area contributed by atoms with E-state index in [0.29, 0.717) is 0 Å². The highest BCUT2D eigenvalue weighted by Crippen LogP contribution is 2.57. The van der Waals surface area contributed by atoms with E-state index in [1.807, 2.05) is 0 Å². The van der Waals surface area contributed by atoms with Crippen molar-refractivity contribution in [3.63, 3.8) is 0 Å². The van der Waals surface area contributed by atoms with E-state index in [9.17, 15) is 0 Å². The van der Waals surface area contributed by atoms with E-state index in [2.05, 4.69) is 228 Å². The van der Waals surface area contributed by atoms with Gasteiger partial charge in [0.1, 0.15) is 0 Å². The number of aromatic nitrogens is 1. The maximum Gasteiger partial charge on any atom is 0.0714 e. The second-order valence-electron chi connectivity index (χ2n) is 14.5. The molecule has 10 aromatic rings. The first-order chi connectivity index (χ1) is 27.3. The molecule has 0 amide bonds. The Labute approximate surface area is 320 Å². The van der Waals surface area contributed by atoms with Gasteiger partial charge in [0.05, 0.1) is 22.1 Å². The zero-order valence-electron chi connectivity index (χ0n) is 30.2. The molecule has 1 aromatic heterocycles. The largest absolute Gasteiger partial charge is 0.310 e. The third-order valence-electron chi connectivity index (χ3n) is 11.6. The molecule has 0 atom stereocenters. The highest BCUT2D eigenvalue weighted by atomic mass is 15.1. The number of fused-ring (bicyclic) bond motifs is 7. The third-order valence-corrected chi connectivity index (χ3v) is 11.6. The molecule has 0 bridgehead atoms. The molecule has 0 N–H and O–H groups in total. The Morgan fingerprint density at radius 1 is 0.345 bits per heavy atom. The van der Waals surface area contributed by atoms with Gasteiger partial charge in [-0.05, 0) is 87.3 Å². The first-order valence-electron chi connectivity index (χ1n) is 19.0. The smallest absolute Gasteiger partial charge is 0.0714 e. The van der Waals surface area contributed by atoms with Gasteiger partial charge in [-0.3, -0.25) is 0 Å². The van der Waals surface area contributed by atoms with Crippen LogP contribution in [0.1, 0.15) is 22.3 Å². The van der Waals surface area contributed by atoms with Crippen LogP contribution in [0.25, 0.3) is 49.4 Å². The standard InChI is InChI=1S/C53H36N2/c1-4-19-38(20-5-1)53(39-21-6-2-7-22-39)48-28-14-12-26-44(48)45-33-31-41(35-49(45)53)54(40-23-8-3-9-24-40)42-32-34-47-46-27-13-15-29-51(46)55(52(47)36-42)50-30-16-18-37-17-10-11-25-43(37)50/h1-36H. The highest BCUT2D eigenvalue weighted by Gasteiger charge is 2.46. The van der Waals surface area contributed by atoms with Crippen LogP contribution in [-0.4, -0.2) is 4.57 Å². The molecule has 0 unspecified atom stereocenters. The van der Waals surface area contributed by atoms with E-state index < -0.39 is 5.41 Å². The topological polar surface area (TPSA) is 8.17 Å². The van der Waals surface area contributed by atoms with Crippen LogP contribution in [0.2, 0.25) is 0 Å². The van der Waals surface area contributed by atoms with Gasteiger partial charge in [0.15, 0.2) is 0 Å². The van der Waals surface area contributed by atoms with Crippen molar-refractivity contribution in [3.05, 3.63) is 241 Å². The molecule has 1 aliphatic rings.